The Morgan fingerprint density at radius 1 is 1.44 bits per heavy atom. The molecule has 1 aromatic rings. The zero-order chi connectivity index (χ0) is 12.5. The third kappa shape index (κ3) is 2.33. The fourth-order valence-corrected chi connectivity index (χ4v) is 1.26. The van der Waals surface area contributed by atoms with Gasteiger partial charge in [-0.3, -0.25) is 4.79 Å². The lowest BCUT2D eigenvalue weighted by Crippen LogP contribution is -2.24. The summed E-state index contributed by atoms with van der Waals surface area (Å²) in [6.45, 7) is -0.720. The van der Waals surface area contributed by atoms with Crippen molar-refractivity contribution in [2.75, 3.05) is 0 Å². The van der Waals surface area contributed by atoms with Crippen molar-refractivity contribution in [2.45, 2.75) is 12.7 Å². The number of primary amides is 1. The quantitative estimate of drug-likeness (QED) is 0.809. The van der Waals surface area contributed by atoms with E-state index >= 15 is 0 Å². The van der Waals surface area contributed by atoms with E-state index in [0.717, 1.165) is 12.3 Å². The maximum Gasteiger partial charge on any atom is 0.432 e. The molecule has 8 heteroatoms. The molecule has 0 fully saturated rings. The zero-order valence-corrected chi connectivity index (χ0v) is 7.78. The van der Waals surface area contributed by atoms with Gasteiger partial charge in [-0.05, 0) is 6.07 Å². The molecule has 16 heavy (non-hydrogen) atoms. The first-order chi connectivity index (χ1) is 7.23. The monoisotopic (exact) mass is 236 g/mol. The highest BCUT2D eigenvalue weighted by atomic mass is 19.4. The number of aromatic carboxylic acids is 1. The number of rotatable bonds is 3. The Balaban J connectivity index is 3.31. The normalized spacial score (nSPS) is 11.4. The Labute approximate surface area is 87.3 Å². The number of carbonyl (C=O) groups is 2. The van der Waals surface area contributed by atoms with Crippen LogP contribution in [0.3, 0.4) is 0 Å². The molecule has 0 aromatic carbocycles. The van der Waals surface area contributed by atoms with E-state index < -0.39 is 35.9 Å². The number of hydrogen-bond acceptors (Lipinski definition) is 2. The van der Waals surface area contributed by atoms with Crippen LogP contribution in [0.4, 0.5) is 13.2 Å². The number of alkyl halides is 3. The summed E-state index contributed by atoms with van der Waals surface area (Å²) < 4.78 is 38.0. The maximum atomic E-state index is 12.5. The van der Waals surface area contributed by atoms with Gasteiger partial charge in [-0.2, -0.15) is 13.2 Å². The van der Waals surface area contributed by atoms with Crippen LogP contribution in [-0.2, 0) is 17.5 Å². The van der Waals surface area contributed by atoms with E-state index in [-0.39, 0.29) is 0 Å². The topological polar surface area (TPSA) is 85.3 Å². The summed E-state index contributed by atoms with van der Waals surface area (Å²) in [6.07, 6.45) is -4.00. The molecule has 0 unspecified atom stereocenters. The van der Waals surface area contributed by atoms with Crippen molar-refractivity contribution in [2.24, 2.45) is 5.73 Å². The van der Waals surface area contributed by atoms with Crippen molar-refractivity contribution in [1.29, 1.82) is 0 Å². The lowest BCUT2D eigenvalue weighted by molar-refractivity contribution is -0.144. The molecular formula is C8H7F3N2O3. The van der Waals surface area contributed by atoms with Crippen molar-refractivity contribution >= 4 is 11.9 Å². The van der Waals surface area contributed by atoms with Gasteiger partial charge in [0.05, 0.1) is 5.56 Å². The van der Waals surface area contributed by atoms with E-state index in [0.29, 0.717) is 4.57 Å². The number of halogens is 3. The Hall–Kier alpha value is -1.99. The van der Waals surface area contributed by atoms with Gasteiger partial charge in [0.2, 0.25) is 5.91 Å². The summed E-state index contributed by atoms with van der Waals surface area (Å²) in [7, 11) is 0. The van der Waals surface area contributed by atoms with Crippen LogP contribution in [0.2, 0.25) is 0 Å². The summed E-state index contributed by atoms with van der Waals surface area (Å²) in [4.78, 5) is 21.1. The number of aromatic nitrogens is 1. The van der Waals surface area contributed by atoms with Crippen molar-refractivity contribution in [1.82, 2.24) is 4.57 Å². The molecule has 0 spiro atoms. The molecule has 0 aliphatic carbocycles. The molecule has 88 valence electrons. The molecule has 0 atom stereocenters. The number of amides is 1. The second kappa shape index (κ2) is 3.87. The van der Waals surface area contributed by atoms with Gasteiger partial charge in [-0.1, -0.05) is 0 Å². The Kier molecular flexibility index (Phi) is 2.92. The number of nitrogens with zero attached hydrogens (tertiary/aromatic N) is 1. The zero-order valence-electron chi connectivity index (χ0n) is 7.78. The summed E-state index contributed by atoms with van der Waals surface area (Å²) in [5.41, 5.74) is 2.45. The highest BCUT2D eigenvalue weighted by Gasteiger charge is 2.39. The minimum atomic E-state index is -4.85. The lowest BCUT2D eigenvalue weighted by Gasteiger charge is -2.11. The molecule has 0 aliphatic rings. The summed E-state index contributed by atoms with van der Waals surface area (Å²) in [5, 5.41) is 8.55. The van der Waals surface area contributed by atoms with Gasteiger partial charge in [0.25, 0.3) is 0 Å². The van der Waals surface area contributed by atoms with Crippen LogP contribution in [0, 0.1) is 0 Å². The first kappa shape index (κ1) is 12.1. The number of carboxylic acid groups (broad SMARTS) is 1. The van der Waals surface area contributed by atoms with E-state index in [2.05, 4.69) is 0 Å². The van der Waals surface area contributed by atoms with Crippen LogP contribution < -0.4 is 5.73 Å². The van der Waals surface area contributed by atoms with Gasteiger partial charge >= 0.3 is 12.1 Å². The number of hydrogen-bond donors (Lipinski definition) is 2. The maximum absolute atomic E-state index is 12.5. The van der Waals surface area contributed by atoms with Crippen LogP contribution in [0.25, 0.3) is 0 Å². The van der Waals surface area contributed by atoms with Gasteiger partial charge in [-0.25, -0.2) is 4.79 Å². The van der Waals surface area contributed by atoms with E-state index in [1.165, 1.54) is 0 Å². The molecule has 0 radical (unpaired) electrons. The third-order valence-electron chi connectivity index (χ3n) is 1.79. The van der Waals surface area contributed by atoms with Crippen molar-refractivity contribution in [3.8, 4) is 0 Å². The fraction of sp³-hybridized carbons (Fsp3) is 0.250. The van der Waals surface area contributed by atoms with Crippen LogP contribution in [0.1, 0.15) is 16.1 Å². The second-order valence-corrected chi connectivity index (χ2v) is 2.98. The minimum Gasteiger partial charge on any atom is -0.478 e. The van der Waals surface area contributed by atoms with Crippen LogP contribution in [-0.4, -0.2) is 21.6 Å². The average Bonchev–Trinajstić information content (AvgIpc) is 2.45. The molecule has 0 aliphatic heterocycles. The molecular weight excluding hydrogens is 229 g/mol. The molecule has 5 nitrogen and oxygen atoms in total. The first-order valence-corrected chi connectivity index (χ1v) is 4.01. The highest BCUT2D eigenvalue weighted by Crippen LogP contribution is 2.32. The Morgan fingerprint density at radius 2 is 2.00 bits per heavy atom. The summed E-state index contributed by atoms with van der Waals surface area (Å²) in [5.74, 6) is -2.70. The second-order valence-electron chi connectivity index (χ2n) is 2.98. The molecule has 1 rings (SSSR count). The van der Waals surface area contributed by atoms with Gasteiger partial charge in [0.15, 0.2) is 0 Å². The molecule has 0 saturated carbocycles. The predicted octanol–water partition coefficient (Wildman–Crippen LogP) is 0.690. The van der Waals surface area contributed by atoms with Crippen LogP contribution in [0.5, 0.6) is 0 Å². The van der Waals surface area contributed by atoms with E-state index in [9.17, 15) is 22.8 Å². The van der Waals surface area contributed by atoms with E-state index in [1.807, 2.05) is 0 Å². The Bertz CT molecular complexity index is 436. The first-order valence-electron chi connectivity index (χ1n) is 4.01. The van der Waals surface area contributed by atoms with Gasteiger partial charge in [0, 0.05) is 6.20 Å². The summed E-state index contributed by atoms with van der Waals surface area (Å²) in [6, 6.07) is 0.772. The van der Waals surface area contributed by atoms with Gasteiger partial charge < -0.3 is 15.4 Å². The van der Waals surface area contributed by atoms with E-state index in [4.69, 9.17) is 10.8 Å². The standard InChI is InChI=1S/C8H7F3N2O3/c9-8(10,11)6-4(7(15)16)1-2-13(6)3-5(12)14/h1-2H,3H2,(H2,12,14)(H,15,16). The molecule has 3 N–H and O–H groups in total. The minimum absolute atomic E-state index is 0.464. The van der Waals surface area contributed by atoms with Gasteiger partial charge in [0.1, 0.15) is 12.2 Å². The van der Waals surface area contributed by atoms with Crippen molar-refractivity contribution in [3.63, 3.8) is 0 Å². The number of carboxylic acids is 1. The molecule has 1 amide bonds. The highest BCUT2D eigenvalue weighted by molar-refractivity contribution is 5.89. The van der Waals surface area contributed by atoms with E-state index in [1.54, 1.807) is 0 Å². The smallest absolute Gasteiger partial charge is 0.432 e. The number of nitrogens with two attached hydrogens (primary N) is 1. The SMILES string of the molecule is NC(=O)Cn1ccc(C(=O)O)c1C(F)(F)F. The van der Waals surface area contributed by atoms with Crippen LogP contribution >= 0.6 is 0 Å². The van der Waals surface area contributed by atoms with Gasteiger partial charge in [-0.15, -0.1) is 0 Å². The van der Waals surface area contributed by atoms with Crippen LogP contribution in [0.15, 0.2) is 12.3 Å². The Morgan fingerprint density at radius 3 is 2.38 bits per heavy atom. The average molecular weight is 236 g/mol. The molecule has 0 bridgehead atoms. The summed E-state index contributed by atoms with van der Waals surface area (Å²) >= 11 is 0. The predicted molar refractivity (Wildman–Crippen MR) is 45.6 cm³/mol. The molecule has 1 heterocycles. The lowest BCUT2D eigenvalue weighted by atomic mass is 10.2. The van der Waals surface area contributed by atoms with Crippen molar-refractivity contribution < 1.29 is 27.9 Å². The fourth-order valence-electron chi connectivity index (χ4n) is 1.26. The third-order valence-corrected chi connectivity index (χ3v) is 1.79. The van der Waals surface area contributed by atoms with Crippen molar-refractivity contribution in [3.05, 3.63) is 23.5 Å². The molecule has 1 aromatic heterocycles. The molecule has 0 saturated heterocycles. The largest absolute Gasteiger partial charge is 0.478 e. The number of carbonyl (C=O) groups excluding carboxylic acids is 1.